The molecule has 0 amide bonds. The molecule has 1 saturated heterocycles. The van der Waals surface area contributed by atoms with Gasteiger partial charge in [0.1, 0.15) is 23.9 Å². The van der Waals surface area contributed by atoms with Crippen LogP contribution in [0.5, 0.6) is 0 Å². The molecule has 46 heavy (non-hydrogen) atoms. The van der Waals surface area contributed by atoms with Gasteiger partial charge in [-0.3, -0.25) is 9.59 Å². The second-order valence-corrected chi connectivity index (χ2v) is 13.2. The fraction of sp³-hybridized carbons (Fsp3) is 0.459. The third kappa shape index (κ3) is 6.12. The maximum Gasteiger partial charge on any atom is 0.331 e. The van der Waals surface area contributed by atoms with E-state index in [4.69, 9.17) is 23.7 Å². The summed E-state index contributed by atoms with van der Waals surface area (Å²) in [6.45, 7) is 10.2. The molecule has 8 atom stereocenters. The van der Waals surface area contributed by atoms with Crippen LogP contribution in [0.4, 0.5) is 0 Å². The largest absolute Gasteiger partial charge is 0.459 e. The van der Waals surface area contributed by atoms with E-state index < -0.39 is 64.9 Å². The van der Waals surface area contributed by atoms with Gasteiger partial charge in [0.15, 0.2) is 6.10 Å². The van der Waals surface area contributed by atoms with Crippen molar-refractivity contribution in [1.82, 2.24) is 0 Å². The molecule has 2 aliphatic carbocycles. The maximum atomic E-state index is 13.4. The maximum absolute atomic E-state index is 13.4. The Morgan fingerprint density at radius 1 is 0.717 bits per heavy atom. The topological polar surface area (TPSA) is 114 Å². The lowest BCUT2D eigenvalue weighted by atomic mass is 9.48. The van der Waals surface area contributed by atoms with Crippen molar-refractivity contribution in [1.29, 1.82) is 0 Å². The zero-order valence-corrected chi connectivity index (χ0v) is 27.1. The molecule has 0 unspecified atom stereocenters. The highest BCUT2D eigenvalue weighted by Gasteiger charge is 2.80. The van der Waals surface area contributed by atoms with E-state index in [9.17, 15) is 19.2 Å². The second-order valence-electron chi connectivity index (χ2n) is 13.2. The Kier molecular flexibility index (Phi) is 9.27. The van der Waals surface area contributed by atoms with Crippen molar-refractivity contribution in [3.8, 4) is 0 Å². The van der Waals surface area contributed by atoms with Gasteiger partial charge in [0.05, 0.1) is 11.0 Å². The van der Waals surface area contributed by atoms with E-state index in [0.29, 0.717) is 0 Å². The lowest BCUT2D eigenvalue weighted by Gasteiger charge is -2.62. The number of benzene rings is 2. The zero-order chi connectivity index (χ0) is 33.3. The van der Waals surface area contributed by atoms with Gasteiger partial charge in [-0.2, -0.15) is 0 Å². The molecule has 2 bridgehead atoms. The number of hydrogen-bond donors (Lipinski definition) is 0. The Balaban J connectivity index is 1.56. The molecule has 0 radical (unpaired) electrons. The number of carbonyl (C=O) groups excluding carboxylic acids is 4. The molecule has 0 N–H and O–H groups in total. The smallest absolute Gasteiger partial charge is 0.331 e. The number of rotatable bonds is 8. The third-order valence-electron chi connectivity index (χ3n) is 9.87. The molecule has 1 heterocycles. The van der Waals surface area contributed by atoms with Gasteiger partial charge in [-0.1, -0.05) is 67.6 Å². The van der Waals surface area contributed by atoms with Gasteiger partial charge < -0.3 is 23.7 Å². The second kappa shape index (κ2) is 12.9. The van der Waals surface area contributed by atoms with Crippen LogP contribution in [-0.2, 0) is 42.9 Å². The predicted octanol–water partition coefficient (Wildman–Crippen LogP) is 5.71. The highest BCUT2D eigenvalue weighted by atomic mass is 16.6. The van der Waals surface area contributed by atoms with Crippen molar-refractivity contribution in [2.45, 2.75) is 90.0 Å². The van der Waals surface area contributed by atoms with Gasteiger partial charge in [0, 0.05) is 31.9 Å². The molecule has 2 saturated carbocycles. The number of hydrogen-bond acceptors (Lipinski definition) is 9. The number of esters is 4. The van der Waals surface area contributed by atoms with Crippen LogP contribution in [0.3, 0.4) is 0 Å². The number of carbonyl (C=O) groups is 4. The molecular formula is C37H42O9. The molecule has 2 aromatic carbocycles. The summed E-state index contributed by atoms with van der Waals surface area (Å²) in [5, 5.41) is 0. The Labute approximate surface area is 269 Å². The molecule has 9 nitrogen and oxygen atoms in total. The van der Waals surface area contributed by atoms with E-state index in [1.54, 1.807) is 12.2 Å². The van der Waals surface area contributed by atoms with E-state index in [1.165, 1.54) is 26.0 Å². The molecule has 0 aromatic heterocycles. The van der Waals surface area contributed by atoms with Crippen molar-refractivity contribution in [3.05, 3.63) is 83.9 Å². The van der Waals surface area contributed by atoms with E-state index >= 15 is 0 Å². The number of fused-ring (bicyclic) bond motifs is 1. The van der Waals surface area contributed by atoms with Crippen LogP contribution in [-0.4, -0.2) is 59.5 Å². The van der Waals surface area contributed by atoms with Gasteiger partial charge in [0.2, 0.25) is 0 Å². The molecular weight excluding hydrogens is 588 g/mol. The summed E-state index contributed by atoms with van der Waals surface area (Å²) in [5.41, 5.74) is -1.70. The molecule has 244 valence electrons. The average molecular weight is 631 g/mol. The predicted molar refractivity (Wildman–Crippen MR) is 170 cm³/mol. The first-order valence-corrected chi connectivity index (χ1v) is 15.7. The van der Waals surface area contributed by atoms with Gasteiger partial charge in [-0.15, -0.1) is 0 Å². The highest BCUT2D eigenvalue weighted by Crippen LogP contribution is 2.67. The van der Waals surface area contributed by atoms with Gasteiger partial charge >= 0.3 is 23.9 Å². The summed E-state index contributed by atoms with van der Waals surface area (Å²) in [4.78, 5) is 51.8. The quantitative estimate of drug-likeness (QED) is 0.205. The fourth-order valence-electron chi connectivity index (χ4n) is 7.97. The van der Waals surface area contributed by atoms with Crippen LogP contribution >= 0.6 is 0 Å². The Bertz CT molecular complexity index is 1510. The minimum absolute atomic E-state index is 0.244. The van der Waals surface area contributed by atoms with Gasteiger partial charge in [0.25, 0.3) is 0 Å². The van der Waals surface area contributed by atoms with Crippen molar-refractivity contribution in [2.75, 3.05) is 0 Å². The standard InChI is InChI=1S/C37H42O9/c1-23-21-29(44-31(40)19-17-26-13-9-7-10-14-26)34(43-25(3)39)36(6)30(45-32(41)20-18-27-15-11-8-12-16-27)22-28-33(42-24(2)38)37(23,36)46-35(28,4)5/h7-20,23,28-30,33-34H,21-22H2,1-6H3/b19-17+,20-18+/t23-,28-,29+,30+,33-,34-,36-,37-/m1/s1. The van der Waals surface area contributed by atoms with E-state index in [-0.39, 0.29) is 24.7 Å². The summed E-state index contributed by atoms with van der Waals surface area (Å²) in [6, 6.07) is 18.7. The van der Waals surface area contributed by atoms with Crippen LogP contribution in [0.25, 0.3) is 12.2 Å². The van der Waals surface area contributed by atoms with Gasteiger partial charge in [-0.05, 0) is 62.8 Å². The zero-order valence-electron chi connectivity index (χ0n) is 27.1. The Morgan fingerprint density at radius 3 is 1.74 bits per heavy atom. The third-order valence-corrected chi connectivity index (χ3v) is 9.87. The monoisotopic (exact) mass is 630 g/mol. The fourth-order valence-corrected chi connectivity index (χ4v) is 7.97. The summed E-state index contributed by atoms with van der Waals surface area (Å²) in [6.07, 6.45) is 2.90. The van der Waals surface area contributed by atoms with Gasteiger partial charge in [-0.25, -0.2) is 9.59 Å². The summed E-state index contributed by atoms with van der Waals surface area (Å²) in [5.74, 6) is -3.00. The highest BCUT2D eigenvalue weighted by molar-refractivity contribution is 5.88. The minimum Gasteiger partial charge on any atom is -0.459 e. The van der Waals surface area contributed by atoms with Crippen molar-refractivity contribution < 1.29 is 42.9 Å². The van der Waals surface area contributed by atoms with E-state index in [2.05, 4.69) is 0 Å². The van der Waals surface area contributed by atoms with E-state index in [1.807, 2.05) is 88.4 Å². The summed E-state index contributed by atoms with van der Waals surface area (Å²) < 4.78 is 31.3. The molecule has 2 aromatic rings. The van der Waals surface area contributed by atoms with Crippen LogP contribution in [0.1, 0.15) is 65.5 Å². The lowest BCUT2D eigenvalue weighted by molar-refractivity contribution is -0.306. The normalized spacial score (nSPS) is 32.8. The van der Waals surface area contributed by atoms with Crippen molar-refractivity contribution in [2.24, 2.45) is 17.3 Å². The SMILES string of the molecule is CC(=O)O[C@@H]1[C@@H](OC(=O)/C=C/c2ccccc2)C[C@@H](C)[C@]23OC(C)(C)[C@H](C[C@H](OC(=O)/C=C/c4ccccc4)[C@]12C)[C@H]3OC(C)=O. The van der Waals surface area contributed by atoms with Crippen LogP contribution in [0.15, 0.2) is 72.8 Å². The molecule has 3 aliphatic rings. The first-order valence-electron chi connectivity index (χ1n) is 15.7. The Morgan fingerprint density at radius 2 is 1.22 bits per heavy atom. The first kappa shape index (κ1) is 33.1. The Hall–Kier alpha value is -4.24. The lowest BCUT2D eigenvalue weighted by Crippen LogP contribution is -2.76. The van der Waals surface area contributed by atoms with Crippen LogP contribution < -0.4 is 0 Å². The minimum atomic E-state index is -1.30. The van der Waals surface area contributed by atoms with Crippen molar-refractivity contribution >= 4 is 36.0 Å². The summed E-state index contributed by atoms with van der Waals surface area (Å²) >= 11 is 0. The molecule has 9 heteroatoms. The summed E-state index contributed by atoms with van der Waals surface area (Å²) in [7, 11) is 0. The average Bonchev–Trinajstić information content (AvgIpc) is 3.18. The van der Waals surface area contributed by atoms with E-state index in [0.717, 1.165) is 11.1 Å². The first-order chi connectivity index (χ1) is 21.8. The van der Waals surface area contributed by atoms with Crippen LogP contribution in [0, 0.1) is 17.3 Å². The molecule has 5 rings (SSSR count). The molecule has 1 aliphatic heterocycles. The molecule has 3 fully saturated rings. The number of ether oxygens (including phenoxy) is 5. The van der Waals surface area contributed by atoms with Crippen LogP contribution in [0.2, 0.25) is 0 Å². The van der Waals surface area contributed by atoms with Crippen molar-refractivity contribution in [3.63, 3.8) is 0 Å². The molecule has 1 spiro atoms.